The van der Waals surface area contributed by atoms with Crippen LogP contribution < -0.4 is 10.2 Å². The van der Waals surface area contributed by atoms with Gasteiger partial charge in [0.1, 0.15) is 5.70 Å². The highest BCUT2D eigenvalue weighted by atomic mass is 35.5. The Bertz CT molecular complexity index is 1650. The Morgan fingerprint density at radius 3 is 2.34 bits per heavy atom. The second-order valence-corrected chi connectivity index (χ2v) is 8.91. The number of carbonyl (C=O) groups excluding carboxylic acids is 2. The van der Waals surface area contributed by atoms with Crippen LogP contribution in [0.2, 0.25) is 5.02 Å². The Morgan fingerprint density at radius 1 is 0.800 bits per heavy atom. The molecule has 0 saturated carbocycles. The average Bonchev–Trinajstić information content (AvgIpc) is 3.36. The van der Waals surface area contributed by atoms with E-state index >= 15 is 0 Å². The van der Waals surface area contributed by atoms with E-state index < -0.39 is 11.9 Å². The normalized spacial score (nSPS) is 14.9. The lowest BCUT2D eigenvalue weighted by atomic mass is 10.0. The summed E-state index contributed by atoms with van der Waals surface area (Å²) in [6.07, 6.45) is 3.78. The van der Waals surface area contributed by atoms with Crippen LogP contribution in [0, 0.1) is 0 Å². The van der Waals surface area contributed by atoms with Crippen molar-refractivity contribution in [3.8, 4) is 0 Å². The van der Waals surface area contributed by atoms with Gasteiger partial charge >= 0.3 is 6.03 Å². The van der Waals surface area contributed by atoms with Gasteiger partial charge in [-0.2, -0.15) is 0 Å². The van der Waals surface area contributed by atoms with Gasteiger partial charge in [0.25, 0.3) is 5.91 Å². The van der Waals surface area contributed by atoms with Gasteiger partial charge in [-0.05, 0) is 52.7 Å². The van der Waals surface area contributed by atoms with Crippen LogP contribution in [-0.4, -0.2) is 16.5 Å². The zero-order chi connectivity index (χ0) is 23.9. The monoisotopic (exact) mass is 477 g/mol. The number of benzene rings is 4. The highest BCUT2D eigenvalue weighted by Crippen LogP contribution is 2.29. The third kappa shape index (κ3) is 3.76. The zero-order valence-electron chi connectivity index (χ0n) is 18.6. The minimum Gasteiger partial charge on any atom is -0.342 e. The largest absolute Gasteiger partial charge is 0.342 e. The van der Waals surface area contributed by atoms with Crippen molar-refractivity contribution >= 4 is 57.0 Å². The third-order valence-corrected chi connectivity index (χ3v) is 6.55. The summed E-state index contributed by atoms with van der Waals surface area (Å²) in [6, 6.07) is 28.9. The summed E-state index contributed by atoms with van der Waals surface area (Å²) < 4.78 is 2.18. The Hall–Kier alpha value is -4.35. The summed E-state index contributed by atoms with van der Waals surface area (Å²) in [5.41, 5.74) is 3.83. The number of hydrogen-bond donors (Lipinski definition) is 1. The van der Waals surface area contributed by atoms with Crippen LogP contribution in [-0.2, 0) is 11.3 Å². The number of fused-ring (bicyclic) bond motifs is 2. The van der Waals surface area contributed by atoms with Crippen molar-refractivity contribution in [3.05, 3.63) is 119 Å². The van der Waals surface area contributed by atoms with Gasteiger partial charge < -0.3 is 9.88 Å². The topological polar surface area (TPSA) is 54.3 Å². The molecule has 0 spiro atoms. The van der Waals surface area contributed by atoms with Gasteiger partial charge in [0.05, 0.1) is 5.69 Å². The van der Waals surface area contributed by atoms with E-state index in [0.717, 1.165) is 21.4 Å². The van der Waals surface area contributed by atoms with Crippen LogP contribution in [0.15, 0.2) is 103 Å². The average molecular weight is 478 g/mol. The fourth-order valence-corrected chi connectivity index (χ4v) is 4.78. The fraction of sp³-hybridized carbons (Fsp3) is 0.0345. The first kappa shape index (κ1) is 21.2. The highest BCUT2D eigenvalue weighted by molar-refractivity contribution is 6.31. The van der Waals surface area contributed by atoms with Crippen molar-refractivity contribution in [2.45, 2.75) is 6.54 Å². The fourth-order valence-electron chi connectivity index (χ4n) is 4.65. The van der Waals surface area contributed by atoms with E-state index in [4.69, 9.17) is 11.6 Å². The predicted octanol–water partition coefficient (Wildman–Crippen LogP) is 6.59. The first-order chi connectivity index (χ1) is 17.1. The molecule has 0 unspecified atom stereocenters. The van der Waals surface area contributed by atoms with Crippen LogP contribution >= 0.6 is 11.6 Å². The molecule has 6 heteroatoms. The van der Waals surface area contributed by atoms with E-state index in [1.165, 1.54) is 16.3 Å². The SMILES string of the molecule is O=C1N/C(=C/c2cn(Cc3cccc4ccccc34)c3ccccc23)C(=O)N1c1ccc(Cl)cc1. The summed E-state index contributed by atoms with van der Waals surface area (Å²) >= 11 is 5.96. The minimum absolute atomic E-state index is 0.234. The van der Waals surface area contributed by atoms with Crippen LogP contribution in [0.1, 0.15) is 11.1 Å². The van der Waals surface area contributed by atoms with Crippen molar-refractivity contribution in [2.24, 2.45) is 0 Å². The minimum atomic E-state index is -0.483. The number of nitrogens with zero attached hydrogens (tertiary/aromatic N) is 2. The number of imide groups is 1. The van der Waals surface area contributed by atoms with Gasteiger partial charge in [-0.25, -0.2) is 9.69 Å². The molecule has 1 aliphatic rings. The molecule has 1 aromatic heterocycles. The molecule has 0 radical (unpaired) electrons. The summed E-state index contributed by atoms with van der Waals surface area (Å²) in [5, 5.41) is 6.68. The molecule has 0 atom stereocenters. The number of aromatic nitrogens is 1. The maximum absolute atomic E-state index is 13.1. The molecule has 5 nitrogen and oxygen atoms in total. The number of para-hydroxylation sites is 1. The van der Waals surface area contributed by atoms with Crippen LogP contribution in [0.3, 0.4) is 0 Å². The van der Waals surface area contributed by atoms with E-state index in [9.17, 15) is 9.59 Å². The second kappa shape index (κ2) is 8.46. The highest BCUT2D eigenvalue weighted by Gasteiger charge is 2.35. The molecule has 5 aromatic rings. The Balaban J connectivity index is 1.39. The van der Waals surface area contributed by atoms with Crippen LogP contribution in [0.4, 0.5) is 10.5 Å². The standard InChI is InChI=1S/C29H20ClN3O2/c30-22-12-14-23(15-13-22)33-28(34)26(31-29(33)35)16-21-18-32(27-11-4-3-10-25(21)27)17-20-8-5-7-19-6-1-2-9-24(19)20/h1-16,18H,17H2,(H,31,35)/b26-16+. The van der Waals surface area contributed by atoms with Crippen LogP contribution in [0.5, 0.6) is 0 Å². The lowest BCUT2D eigenvalue weighted by Crippen LogP contribution is -2.30. The number of carbonyl (C=O) groups is 2. The molecule has 170 valence electrons. The van der Waals surface area contributed by atoms with Gasteiger partial charge in [-0.15, -0.1) is 0 Å². The molecule has 1 fully saturated rings. The Kier molecular flexibility index (Phi) is 5.12. The molecule has 3 amide bonds. The summed E-state index contributed by atoms with van der Waals surface area (Å²) in [6.45, 7) is 0.683. The molecule has 1 saturated heterocycles. The van der Waals surface area contributed by atoms with E-state index in [1.807, 2.05) is 30.5 Å². The van der Waals surface area contributed by atoms with Crippen molar-refractivity contribution in [2.75, 3.05) is 4.90 Å². The van der Waals surface area contributed by atoms with Gasteiger partial charge in [0.2, 0.25) is 0 Å². The molecule has 0 bridgehead atoms. The van der Waals surface area contributed by atoms with E-state index in [2.05, 4.69) is 52.3 Å². The number of nitrogens with one attached hydrogen (secondary N) is 1. The third-order valence-electron chi connectivity index (χ3n) is 6.30. The molecule has 1 N–H and O–H groups in total. The summed E-state index contributed by atoms with van der Waals surface area (Å²) in [7, 11) is 0. The molecule has 6 rings (SSSR count). The van der Waals surface area contributed by atoms with E-state index in [0.29, 0.717) is 17.3 Å². The maximum atomic E-state index is 13.1. The molecule has 1 aliphatic heterocycles. The van der Waals surface area contributed by atoms with Gasteiger partial charge in [-0.3, -0.25) is 4.79 Å². The van der Waals surface area contributed by atoms with Crippen LogP contribution in [0.25, 0.3) is 27.8 Å². The lowest BCUT2D eigenvalue weighted by Gasteiger charge is -2.11. The van der Waals surface area contributed by atoms with Gasteiger partial charge in [0.15, 0.2) is 0 Å². The van der Waals surface area contributed by atoms with Crippen molar-refractivity contribution in [3.63, 3.8) is 0 Å². The van der Waals surface area contributed by atoms with E-state index in [-0.39, 0.29) is 5.70 Å². The van der Waals surface area contributed by atoms with Crippen molar-refractivity contribution < 1.29 is 9.59 Å². The molecule has 35 heavy (non-hydrogen) atoms. The van der Waals surface area contributed by atoms with E-state index in [1.54, 1.807) is 30.3 Å². The molecular weight excluding hydrogens is 458 g/mol. The van der Waals surface area contributed by atoms with Gasteiger partial charge in [0, 0.05) is 34.2 Å². The quantitative estimate of drug-likeness (QED) is 0.234. The number of anilines is 1. The first-order valence-corrected chi connectivity index (χ1v) is 11.6. The predicted molar refractivity (Wildman–Crippen MR) is 140 cm³/mol. The first-order valence-electron chi connectivity index (χ1n) is 11.3. The molecule has 4 aromatic carbocycles. The zero-order valence-corrected chi connectivity index (χ0v) is 19.4. The maximum Gasteiger partial charge on any atom is 0.333 e. The molecular formula is C29H20ClN3O2. The second-order valence-electron chi connectivity index (χ2n) is 8.47. The number of rotatable bonds is 4. The number of hydrogen-bond acceptors (Lipinski definition) is 2. The molecule has 0 aliphatic carbocycles. The van der Waals surface area contributed by atoms with Crippen molar-refractivity contribution in [1.82, 2.24) is 9.88 Å². The van der Waals surface area contributed by atoms with Crippen molar-refractivity contribution in [1.29, 1.82) is 0 Å². The summed E-state index contributed by atoms with van der Waals surface area (Å²) in [4.78, 5) is 26.9. The Morgan fingerprint density at radius 2 is 1.51 bits per heavy atom. The number of urea groups is 1. The van der Waals surface area contributed by atoms with Gasteiger partial charge in [-0.1, -0.05) is 72.3 Å². The lowest BCUT2D eigenvalue weighted by molar-refractivity contribution is -0.113. The number of halogens is 1. The summed E-state index contributed by atoms with van der Waals surface area (Å²) in [5.74, 6) is -0.400. The number of amides is 3. The Labute approximate surface area is 206 Å². The smallest absolute Gasteiger partial charge is 0.333 e. The molecule has 2 heterocycles.